The van der Waals surface area contributed by atoms with Crippen LogP contribution in [0.15, 0.2) is 101 Å². The van der Waals surface area contributed by atoms with E-state index in [0.29, 0.717) is 45.9 Å². The van der Waals surface area contributed by atoms with Gasteiger partial charge in [-0.05, 0) is 66.2 Å². The number of halogens is 2. The Morgan fingerprint density at radius 2 is 1.52 bits per heavy atom. The number of piperazine rings is 1. The van der Waals surface area contributed by atoms with Gasteiger partial charge in [0.05, 0.1) is 10.0 Å². The van der Waals surface area contributed by atoms with Crippen LogP contribution >= 0.6 is 23.2 Å². The van der Waals surface area contributed by atoms with Crippen molar-refractivity contribution in [1.29, 1.82) is 0 Å². The lowest BCUT2D eigenvalue weighted by molar-refractivity contribution is -0.126. The highest BCUT2D eigenvalue weighted by atomic mass is 35.5. The maximum atomic E-state index is 12.6. The van der Waals surface area contributed by atoms with E-state index in [1.54, 1.807) is 36.4 Å². The van der Waals surface area contributed by atoms with Crippen LogP contribution in [0.5, 0.6) is 0 Å². The topological polar surface area (TPSA) is 65.8 Å². The molecule has 0 spiro atoms. The largest absolute Gasteiger partial charge is 0.457 e. The average molecular weight is 572 g/mol. The van der Waals surface area contributed by atoms with E-state index in [4.69, 9.17) is 27.6 Å². The minimum absolute atomic E-state index is 0.0219. The van der Waals surface area contributed by atoms with Crippen molar-refractivity contribution in [2.24, 2.45) is 0 Å². The molecule has 1 aromatic heterocycles. The third-order valence-electron chi connectivity index (χ3n) is 6.55. The lowest BCUT2D eigenvalue weighted by Gasteiger charge is -2.35. The van der Waals surface area contributed by atoms with Gasteiger partial charge in [-0.15, -0.1) is 0 Å². The molecule has 0 radical (unpaired) electrons. The summed E-state index contributed by atoms with van der Waals surface area (Å²) < 4.78 is 5.80. The predicted octanol–water partition coefficient (Wildman–Crippen LogP) is 7.27. The van der Waals surface area contributed by atoms with Gasteiger partial charge < -0.3 is 19.5 Å². The van der Waals surface area contributed by atoms with Crippen molar-refractivity contribution in [3.05, 3.63) is 118 Å². The van der Waals surface area contributed by atoms with Gasteiger partial charge >= 0.3 is 0 Å². The molecule has 1 N–H and O–H groups in total. The Hall–Kier alpha value is -4.26. The smallest absolute Gasteiger partial charge is 0.248 e. The van der Waals surface area contributed by atoms with Crippen LogP contribution in [0.4, 0.5) is 11.4 Å². The first-order valence-electron chi connectivity index (χ1n) is 12.9. The van der Waals surface area contributed by atoms with Crippen LogP contribution in [0.25, 0.3) is 23.5 Å². The zero-order valence-corrected chi connectivity index (χ0v) is 23.1. The van der Waals surface area contributed by atoms with E-state index in [-0.39, 0.29) is 11.8 Å². The second kappa shape index (κ2) is 12.7. The summed E-state index contributed by atoms with van der Waals surface area (Å²) >= 11 is 12.4. The minimum Gasteiger partial charge on any atom is -0.457 e. The molecule has 0 aliphatic carbocycles. The number of benzene rings is 3. The number of nitrogens with one attached hydrogen (secondary N) is 1. The Morgan fingerprint density at radius 3 is 2.27 bits per heavy atom. The van der Waals surface area contributed by atoms with Gasteiger partial charge in [0.2, 0.25) is 11.8 Å². The van der Waals surface area contributed by atoms with Crippen LogP contribution in [0.2, 0.25) is 10.0 Å². The first-order valence-corrected chi connectivity index (χ1v) is 13.6. The van der Waals surface area contributed by atoms with Crippen molar-refractivity contribution in [3.63, 3.8) is 0 Å². The summed E-state index contributed by atoms with van der Waals surface area (Å²) in [5.41, 5.74) is 3.42. The van der Waals surface area contributed by atoms with Gasteiger partial charge in [0.25, 0.3) is 0 Å². The predicted molar refractivity (Wildman–Crippen MR) is 163 cm³/mol. The normalized spacial score (nSPS) is 13.8. The fraction of sp³-hybridized carbons (Fsp3) is 0.125. The third-order valence-corrected chi connectivity index (χ3v) is 7.37. The number of carbonyl (C=O) groups excluding carboxylic acids is 2. The highest BCUT2D eigenvalue weighted by molar-refractivity contribution is 6.43. The average Bonchev–Trinajstić information content (AvgIpc) is 3.46. The van der Waals surface area contributed by atoms with Gasteiger partial charge in [-0.2, -0.15) is 0 Å². The van der Waals surface area contributed by atoms with E-state index >= 15 is 0 Å². The highest BCUT2D eigenvalue weighted by Crippen LogP contribution is 2.34. The van der Waals surface area contributed by atoms with Crippen molar-refractivity contribution >= 4 is 58.5 Å². The van der Waals surface area contributed by atoms with Crippen LogP contribution in [0.1, 0.15) is 11.3 Å². The molecule has 3 aromatic carbocycles. The fourth-order valence-corrected chi connectivity index (χ4v) is 4.79. The lowest BCUT2D eigenvalue weighted by Crippen LogP contribution is -2.48. The molecule has 1 aliphatic rings. The van der Waals surface area contributed by atoms with Crippen molar-refractivity contribution in [2.45, 2.75) is 0 Å². The number of furan rings is 1. The van der Waals surface area contributed by atoms with Crippen molar-refractivity contribution in [2.75, 3.05) is 36.4 Å². The molecule has 8 heteroatoms. The maximum Gasteiger partial charge on any atom is 0.248 e. The Morgan fingerprint density at radius 1 is 0.775 bits per heavy atom. The molecule has 2 amide bonds. The van der Waals surface area contributed by atoms with Gasteiger partial charge in [0.1, 0.15) is 11.5 Å². The second-order valence-corrected chi connectivity index (χ2v) is 10.0. The molecule has 4 aromatic rings. The number of anilines is 2. The van der Waals surface area contributed by atoms with E-state index in [9.17, 15) is 9.59 Å². The SMILES string of the molecule is O=C(/C=C/c1ccc(-c2cccc(Cl)c2Cl)o1)Nc1ccc(N2CCN(C(=O)/C=C/c3ccccc3)CC2)cc1. The molecule has 0 saturated carbocycles. The van der Waals surface area contributed by atoms with Gasteiger partial charge in [0, 0.05) is 55.3 Å². The van der Waals surface area contributed by atoms with Gasteiger partial charge in [-0.3, -0.25) is 9.59 Å². The zero-order valence-electron chi connectivity index (χ0n) is 21.6. The van der Waals surface area contributed by atoms with E-state index in [1.165, 1.54) is 6.08 Å². The molecule has 0 unspecified atom stereocenters. The van der Waals surface area contributed by atoms with Crippen LogP contribution < -0.4 is 10.2 Å². The maximum absolute atomic E-state index is 12.6. The number of hydrogen-bond donors (Lipinski definition) is 1. The molecule has 6 nitrogen and oxygen atoms in total. The van der Waals surface area contributed by atoms with Crippen LogP contribution in [-0.2, 0) is 9.59 Å². The van der Waals surface area contributed by atoms with Crippen LogP contribution in [0.3, 0.4) is 0 Å². The monoisotopic (exact) mass is 571 g/mol. The Balaban J connectivity index is 1.11. The lowest BCUT2D eigenvalue weighted by atomic mass is 10.2. The summed E-state index contributed by atoms with van der Waals surface area (Å²) in [7, 11) is 0. The summed E-state index contributed by atoms with van der Waals surface area (Å²) in [4.78, 5) is 29.1. The molecule has 1 fully saturated rings. The first-order chi connectivity index (χ1) is 19.5. The summed E-state index contributed by atoms with van der Waals surface area (Å²) in [6.45, 7) is 2.79. The zero-order chi connectivity index (χ0) is 27.9. The standard InChI is InChI=1S/C32H27Cl2N3O3/c33-28-8-4-7-27(32(28)34)29-16-14-26(40-29)15-17-30(38)35-24-10-12-25(13-11-24)36-19-21-37(22-20-36)31(39)18-9-23-5-2-1-3-6-23/h1-18H,19-22H2,(H,35,38)/b17-15+,18-9+. The molecule has 1 aliphatic heterocycles. The number of amides is 2. The van der Waals surface area contributed by atoms with E-state index < -0.39 is 0 Å². The van der Waals surface area contributed by atoms with Crippen LogP contribution in [0, 0.1) is 0 Å². The molecule has 5 rings (SSSR count). The van der Waals surface area contributed by atoms with Gasteiger partial charge in [-0.25, -0.2) is 0 Å². The summed E-state index contributed by atoms with van der Waals surface area (Å²) in [6.07, 6.45) is 6.50. The molecular formula is C32H27Cl2N3O3. The first kappa shape index (κ1) is 27.3. The van der Waals surface area contributed by atoms with Crippen LogP contribution in [-0.4, -0.2) is 42.9 Å². The fourth-order valence-electron chi connectivity index (χ4n) is 4.40. The Kier molecular flexibility index (Phi) is 8.69. The minimum atomic E-state index is -0.276. The van der Waals surface area contributed by atoms with Crippen molar-refractivity contribution < 1.29 is 14.0 Å². The Labute approximate surface area is 243 Å². The van der Waals surface area contributed by atoms with E-state index in [2.05, 4.69) is 10.2 Å². The third kappa shape index (κ3) is 6.84. The van der Waals surface area contributed by atoms with Crippen molar-refractivity contribution in [1.82, 2.24) is 4.90 Å². The summed E-state index contributed by atoms with van der Waals surface area (Å²) in [5.74, 6) is 0.831. The molecule has 1 saturated heterocycles. The molecule has 2 heterocycles. The highest BCUT2D eigenvalue weighted by Gasteiger charge is 2.20. The number of carbonyl (C=O) groups is 2. The van der Waals surface area contributed by atoms with E-state index in [0.717, 1.165) is 24.3 Å². The molecular weight excluding hydrogens is 545 g/mol. The number of hydrogen-bond acceptors (Lipinski definition) is 4. The Bertz CT molecular complexity index is 1540. The molecule has 0 bridgehead atoms. The summed E-state index contributed by atoms with van der Waals surface area (Å²) in [6, 6.07) is 26.4. The molecule has 0 atom stereocenters. The van der Waals surface area contributed by atoms with E-state index in [1.807, 2.05) is 71.6 Å². The molecule has 40 heavy (non-hydrogen) atoms. The molecule has 202 valence electrons. The summed E-state index contributed by atoms with van der Waals surface area (Å²) in [5, 5.41) is 3.73. The quantitative estimate of drug-likeness (QED) is 0.237. The number of nitrogens with zero attached hydrogens (tertiary/aromatic N) is 2. The second-order valence-electron chi connectivity index (χ2n) is 9.23. The van der Waals surface area contributed by atoms with Gasteiger partial charge in [0.15, 0.2) is 0 Å². The van der Waals surface area contributed by atoms with Gasteiger partial charge in [-0.1, -0.05) is 59.6 Å². The van der Waals surface area contributed by atoms with Crippen molar-refractivity contribution in [3.8, 4) is 11.3 Å². The number of rotatable bonds is 7.